The molecule has 1 saturated carbocycles. The lowest BCUT2D eigenvalue weighted by molar-refractivity contribution is 0.171. The summed E-state index contributed by atoms with van der Waals surface area (Å²) in [5, 5.41) is 7.18. The van der Waals surface area contributed by atoms with Gasteiger partial charge in [0.2, 0.25) is 0 Å². The number of piperidine rings is 1. The average Bonchev–Trinajstić information content (AvgIpc) is 3.25. The summed E-state index contributed by atoms with van der Waals surface area (Å²) in [5.41, 5.74) is 0.932. The minimum atomic E-state index is 0.111. The molecule has 22 heavy (non-hydrogen) atoms. The molecule has 1 aromatic rings. The summed E-state index contributed by atoms with van der Waals surface area (Å²) in [5.74, 6) is 2.22. The molecule has 1 aliphatic carbocycles. The van der Waals surface area contributed by atoms with Crippen molar-refractivity contribution in [2.75, 3.05) is 13.1 Å². The first-order valence-electron chi connectivity index (χ1n) is 8.64. The summed E-state index contributed by atoms with van der Waals surface area (Å²) in [4.78, 5) is 14.3. The first-order valence-corrected chi connectivity index (χ1v) is 8.64. The molecule has 2 fully saturated rings. The SMILES string of the molecule is CCC(CC1CC1)NC(=O)N1CCC(c2cc(C)no2)CC1. The Morgan fingerprint density at radius 1 is 1.41 bits per heavy atom. The topological polar surface area (TPSA) is 58.4 Å². The molecule has 0 bridgehead atoms. The van der Waals surface area contributed by atoms with Crippen LogP contribution in [0.3, 0.4) is 0 Å². The summed E-state index contributed by atoms with van der Waals surface area (Å²) >= 11 is 0. The van der Waals surface area contributed by atoms with E-state index in [1.54, 1.807) is 0 Å². The predicted octanol–water partition coefficient (Wildman–Crippen LogP) is 3.45. The molecule has 5 heteroatoms. The van der Waals surface area contributed by atoms with Gasteiger partial charge in [0.1, 0.15) is 5.76 Å². The van der Waals surface area contributed by atoms with Gasteiger partial charge in [-0.25, -0.2) is 4.79 Å². The maximum atomic E-state index is 12.4. The Balaban J connectivity index is 1.46. The van der Waals surface area contributed by atoms with E-state index < -0.39 is 0 Å². The van der Waals surface area contributed by atoms with Gasteiger partial charge in [-0.05, 0) is 38.5 Å². The van der Waals surface area contributed by atoms with E-state index in [9.17, 15) is 4.79 Å². The quantitative estimate of drug-likeness (QED) is 0.906. The van der Waals surface area contributed by atoms with Gasteiger partial charge in [0.25, 0.3) is 0 Å². The van der Waals surface area contributed by atoms with Gasteiger partial charge < -0.3 is 14.7 Å². The van der Waals surface area contributed by atoms with Crippen molar-refractivity contribution >= 4 is 6.03 Å². The van der Waals surface area contributed by atoms with Crippen LogP contribution in [0.15, 0.2) is 10.6 Å². The second kappa shape index (κ2) is 6.71. The third-order valence-corrected chi connectivity index (χ3v) is 4.97. The molecule has 2 heterocycles. The smallest absolute Gasteiger partial charge is 0.317 e. The number of aromatic nitrogens is 1. The number of aryl methyl sites for hydroxylation is 1. The second-order valence-corrected chi connectivity index (χ2v) is 6.87. The van der Waals surface area contributed by atoms with Crippen LogP contribution in [-0.2, 0) is 0 Å². The van der Waals surface area contributed by atoms with Crippen LogP contribution < -0.4 is 5.32 Å². The molecule has 0 aromatic carbocycles. The van der Waals surface area contributed by atoms with Crippen molar-refractivity contribution in [3.63, 3.8) is 0 Å². The highest BCUT2D eigenvalue weighted by Gasteiger charge is 2.29. The molecule has 3 rings (SSSR count). The van der Waals surface area contributed by atoms with Crippen LogP contribution in [0, 0.1) is 12.8 Å². The van der Waals surface area contributed by atoms with Gasteiger partial charge in [-0.1, -0.05) is 24.9 Å². The molecule has 5 nitrogen and oxygen atoms in total. The number of carbonyl (C=O) groups excluding carboxylic acids is 1. The zero-order valence-corrected chi connectivity index (χ0v) is 13.7. The fraction of sp³-hybridized carbons (Fsp3) is 0.765. The Kier molecular flexibility index (Phi) is 4.69. The second-order valence-electron chi connectivity index (χ2n) is 6.87. The van der Waals surface area contributed by atoms with Gasteiger partial charge in [0, 0.05) is 31.1 Å². The van der Waals surface area contributed by atoms with Crippen LogP contribution >= 0.6 is 0 Å². The average molecular weight is 305 g/mol. The van der Waals surface area contributed by atoms with Crippen LogP contribution in [-0.4, -0.2) is 35.2 Å². The fourth-order valence-electron chi connectivity index (χ4n) is 3.29. The molecule has 1 aromatic heterocycles. The molecule has 1 atom stereocenters. The number of nitrogens with one attached hydrogen (secondary N) is 1. The molecule has 1 saturated heterocycles. The van der Waals surface area contributed by atoms with E-state index in [0.717, 1.165) is 56.1 Å². The van der Waals surface area contributed by atoms with Crippen molar-refractivity contribution in [3.05, 3.63) is 17.5 Å². The summed E-state index contributed by atoms with van der Waals surface area (Å²) < 4.78 is 5.36. The van der Waals surface area contributed by atoms with Gasteiger partial charge in [0.05, 0.1) is 5.69 Å². The van der Waals surface area contributed by atoms with Crippen LogP contribution in [0.25, 0.3) is 0 Å². The number of carbonyl (C=O) groups is 1. The Hall–Kier alpha value is -1.52. The van der Waals surface area contributed by atoms with Crippen molar-refractivity contribution < 1.29 is 9.32 Å². The Labute approximate surface area is 132 Å². The Morgan fingerprint density at radius 3 is 2.68 bits per heavy atom. The lowest BCUT2D eigenvalue weighted by Gasteiger charge is -2.32. The standard InChI is InChI=1S/C17H27N3O2/c1-3-15(11-13-4-5-13)18-17(21)20-8-6-14(7-9-20)16-10-12(2)19-22-16/h10,13-15H,3-9,11H2,1-2H3,(H,18,21). The van der Waals surface area contributed by atoms with E-state index in [4.69, 9.17) is 4.52 Å². The Bertz CT molecular complexity index is 502. The third kappa shape index (κ3) is 3.81. The summed E-state index contributed by atoms with van der Waals surface area (Å²) in [6.45, 7) is 5.71. The van der Waals surface area contributed by atoms with Crippen LogP contribution in [0.4, 0.5) is 4.79 Å². The maximum Gasteiger partial charge on any atom is 0.317 e. The monoisotopic (exact) mass is 305 g/mol. The summed E-state index contributed by atoms with van der Waals surface area (Å²) in [6.07, 6.45) is 6.78. The third-order valence-electron chi connectivity index (χ3n) is 4.97. The van der Waals surface area contributed by atoms with E-state index in [0.29, 0.717) is 12.0 Å². The van der Waals surface area contributed by atoms with E-state index in [1.165, 1.54) is 12.8 Å². The van der Waals surface area contributed by atoms with Gasteiger partial charge >= 0.3 is 6.03 Å². The zero-order chi connectivity index (χ0) is 15.5. The van der Waals surface area contributed by atoms with Crippen molar-refractivity contribution in [2.24, 2.45) is 5.92 Å². The van der Waals surface area contributed by atoms with Gasteiger partial charge in [-0.15, -0.1) is 0 Å². The molecule has 2 aliphatic rings. The van der Waals surface area contributed by atoms with Gasteiger partial charge in [0.15, 0.2) is 0 Å². The first kappa shape index (κ1) is 15.4. The lowest BCUT2D eigenvalue weighted by atomic mass is 9.94. The number of nitrogens with zero attached hydrogens (tertiary/aromatic N) is 2. The highest BCUT2D eigenvalue weighted by atomic mass is 16.5. The van der Waals surface area contributed by atoms with E-state index >= 15 is 0 Å². The minimum absolute atomic E-state index is 0.111. The zero-order valence-electron chi connectivity index (χ0n) is 13.7. The molecular formula is C17H27N3O2. The van der Waals surface area contributed by atoms with Crippen LogP contribution in [0.5, 0.6) is 0 Å². The summed E-state index contributed by atoms with van der Waals surface area (Å²) in [7, 11) is 0. The summed E-state index contributed by atoms with van der Waals surface area (Å²) in [6, 6.07) is 2.47. The minimum Gasteiger partial charge on any atom is -0.361 e. The first-order chi connectivity index (χ1) is 10.7. The molecule has 1 aliphatic heterocycles. The number of urea groups is 1. The normalized spacial score (nSPS) is 20.9. The molecule has 1 unspecified atom stereocenters. The van der Waals surface area contributed by atoms with E-state index in [1.807, 2.05) is 17.9 Å². The number of hydrogen-bond donors (Lipinski definition) is 1. The number of rotatable bonds is 5. The van der Waals surface area contributed by atoms with Crippen molar-refractivity contribution in [1.82, 2.24) is 15.4 Å². The highest BCUT2D eigenvalue weighted by Crippen LogP contribution is 2.34. The molecule has 1 N–H and O–H groups in total. The number of likely N-dealkylation sites (tertiary alicyclic amines) is 1. The fourth-order valence-corrected chi connectivity index (χ4v) is 3.29. The van der Waals surface area contributed by atoms with Crippen molar-refractivity contribution in [2.45, 2.75) is 64.3 Å². The van der Waals surface area contributed by atoms with Crippen LogP contribution in [0.2, 0.25) is 0 Å². The largest absolute Gasteiger partial charge is 0.361 e. The molecule has 2 amide bonds. The van der Waals surface area contributed by atoms with E-state index in [-0.39, 0.29) is 6.03 Å². The molecule has 122 valence electrons. The number of amides is 2. The number of hydrogen-bond acceptors (Lipinski definition) is 3. The molecular weight excluding hydrogens is 278 g/mol. The highest BCUT2D eigenvalue weighted by molar-refractivity contribution is 5.74. The molecule has 0 spiro atoms. The van der Waals surface area contributed by atoms with Crippen molar-refractivity contribution in [3.8, 4) is 0 Å². The van der Waals surface area contributed by atoms with Crippen molar-refractivity contribution in [1.29, 1.82) is 0 Å². The van der Waals surface area contributed by atoms with E-state index in [2.05, 4.69) is 17.4 Å². The van der Waals surface area contributed by atoms with Crippen LogP contribution in [0.1, 0.15) is 62.8 Å². The van der Waals surface area contributed by atoms with Gasteiger partial charge in [-0.2, -0.15) is 0 Å². The Morgan fingerprint density at radius 2 is 2.14 bits per heavy atom. The predicted molar refractivity (Wildman–Crippen MR) is 84.7 cm³/mol. The molecule has 0 radical (unpaired) electrons. The van der Waals surface area contributed by atoms with Gasteiger partial charge in [-0.3, -0.25) is 0 Å². The lowest BCUT2D eigenvalue weighted by Crippen LogP contribution is -2.47. The maximum absolute atomic E-state index is 12.4.